The molecule has 0 bridgehead atoms. The second-order valence-electron chi connectivity index (χ2n) is 4.63. The number of hydrogen-bond donors (Lipinski definition) is 2. The topological polar surface area (TPSA) is 118 Å². The van der Waals surface area contributed by atoms with E-state index in [-0.39, 0.29) is 30.7 Å². The number of amides is 1. The summed E-state index contributed by atoms with van der Waals surface area (Å²) in [5.74, 6) is -2.60. The van der Waals surface area contributed by atoms with Crippen molar-refractivity contribution in [1.29, 1.82) is 0 Å². The van der Waals surface area contributed by atoms with Crippen LogP contribution in [0.4, 0.5) is 0 Å². The van der Waals surface area contributed by atoms with E-state index in [0.717, 1.165) is 6.20 Å². The lowest BCUT2D eigenvalue weighted by Crippen LogP contribution is -2.30. The predicted octanol–water partition coefficient (Wildman–Crippen LogP) is 0.660. The van der Waals surface area contributed by atoms with Gasteiger partial charge in [0.05, 0.1) is 6.54 Å². The minimum absolute atomic E-state index is 0.0141. The van der Waals surface area contributed by atoms with Crippen LogP contribution in [0.15, 0.2) is 24.5 Å². The number of carbonyl (C=O) groups excluding carboxylic acids is 2. The van der Waals surface area contributed by atoms with Crippen molar-refractivity contribution in [3.8, 4) is 0 Å². The Labute approximate surface area is 127 Å². The SMILES string of the molecule is C=C(C(=O)NCCOC(=O)c1nccnc1C(=O)O)C(C)C. The van der Waals surface area contributed by atoms with Gasteiger partial charge in [0.15, 0.2) is 11.4 Å². The fraction of sp³-hybridized carbons (Fsp3) is 0.357. The van der Waals surface area contributed by atoms with Crippen molar-refractivity contribution in [3.63, 3.8) is 0 Å². The normalized spacial score (nSPS) is 10.1. The van der Waals surface area contributed by atoms with Crippen molar-refractivity contribution < 1.29 is 24.2 Å². The van der Waals surface area contributed by atoms with Crippen LogP contribution < -0.4 is 5.32 Å². The van der Waals surface area contributed by atoms with Crippen molar-refractivity contribution in [1.82, 2.24) is 15.3 Å². The molecule has 0 spiro atoms. The van der Waals surface area contributed by atoms with Crippen LogP contribution in [-0.2, 0) is 9.53 Å². The third-order valence-electron chi connectivity index (χ3n) is 2.70. The standard InChI is InChI=1S/C14H17N3O5/c1-8(2)9(3)12(18)17-6-7-22-14(21)11-10(13(19)20)15-4-5-16-11/h4-5,8H,3,6-7H2,1-2H3,(H,17,18)(H,19,20). The van der Waals surface area contributed by atoms with Crippen LogP contribution in [0.1, 0.15) is 34.8 Å². The quantitative estimate of drug-likeness (QED) is 0.431. The summed E-state index contributed by atoms with van der Waals surface area (Å²) in [7, 11) is 0. The first-order valence-electron chi connectivity index (χ1n) is 6.53. The molecule has 0 saturated carbocycles. The highest BCUT2D eigenvalue weighted by Crippen LogP contribution is 2.06. The van der Waals surface area contributed by atoms with E-state index >= 15 is 0 Å². The summed E-state index contributed by atoms with van der Waals surface area (Å²) in [6, 6.07) is 0. The Kier molecular flexibility index (Phi) is 6.18. The first kappa shape index (κ1) is 17.3. The van der Waals surface area contributed by atoms with E-state index in [1.807, 2.05) is 13.8 Å². The number of nitrogens with zero attached hydrogens (tertiary/aromatic N) is 2. The Morgan fingerprint density at radius 2 is 1.86 bits per heavy atom. The monoisotopic (exact) mass is 307 g/mol. The van der Waals surface area contributed by atoms with Crippen molar-refractivity contribution in [3.05, 3.63) is 35.9 Å². The van der Waals surface area contributed by atoms with Gasteiger partial charge in [-0.15, -0.1) is 0 Å². The van der Waals surface area contributed by atoms with Gasteiger partial charge in [-0.05, 0) is 5.92 Å². The number of aromatic carboxylic acids is 1. The second-order valence-corrected chi connectivity index (χ2v) is 4.63. The van der Waals surface area contributed by atoms with Gasteiger partial charge in [-0.25, -0.2) is 19.6 Å². The lowest BCUT2D eigenvalue weighted by Gasteiger charge is -2.10. The summed E-state index contributed by atoms with van der Waals surface area (Å²) in [6.45, 7) is 7.28. The van der Waals surface area contributed by atoms with Gasteiger partial charge in [-0.3, -0.25) is 4.79 Å². The van der Waals surface area contributed by atoms with E-state index in [2.05, 4.69) is 21.9 Å². The summed E-state index contributed by atoms with van der Waals surface area (Å²) in [5, 5.41) is 11.4. The lowest BCUT2D eigenvalue weighted by atomic mass is 10.1. The fourth-order valence-electron chi connectivity index (χ4n) is 1.40. The summed E-state index contributed by atoms with van der Waals surface area (Å²) >= 11 is 0. The zero-order valence-electron chi connectivity index (χ0n) is 12.3. The Balaban J connectivity index is 2.50. The van der Waals surface area contributed by atoms with Crippen LogP contribution in [0.2, 0.25) is 0 Å². The predicted molar refractivity (Wildman–Crippen MR) is 76.3 cm³/mol. The minimum atomic E-state index is -1.37. The highest BCUT2D eigenvalue weighted by atomic mass is 16.5. The zero-order chi connectivity index (χ0) is 16.7. The number of nitrogens with one attached hydrogen (secondary N) is 1. The van der Waals surface area contributed by atoms with Crippen LogP contribution >= 0.6 is 0 Å². The summed E-state index contributed by atoms with van der Waals surface area (Å²) in [6.07, 6.45) is 2.36. The number of rotatable bonds is 7. The number of hydrogen-bond acceptors (Lipinski definition) is 6. The number of ether oxygens (including phenoxy) is 1. The molecule has 0 aliphatic rings. The molecule has 0 aromatic carbocycles. The first-order valence-corrected chi connectivity index (χ1v) is 6.53. The molecule has 118 valence electrons. The molecule has 1 heterocycles. The van der Waals surface area contributed by atoms with Gasteiger partial charge in [0.1, 0.15) is 6.61 Å². The molecule has 0 aliphatic carbocycles. The van der Waals surface area contributed by atoms with E-state index in [4.69, 9.17) is 9.84 Å². The largest absolute Gasteiger partial charge is 0.476 e. The van der Waals surface area contributed by atoms with Gasteiger partial charge in [0, 0.05) is 18.0 Å². The summed E-state index contributed by atoms with van der Waals surface area (Å²) < 4.78 is 4.86. The number of carboxylic acid groups (broad SMARTS) is 1. The third kappa shape index (κ3) is 4.65. The lowest BCUT2D eigenvalue weighted by molar-refractivity contribution is -0.118. The Morgan fingerprint density at radius 1 is 1.27 bits per heavy atom. The van der Waals surface area contributed by atoms with Gasteiger partial charge in [-0.1, -0.05) is 20.4 Å². The van der Waals surface area contributed by atoms with Gasteiger partial charge < -0.3 is 15.2 Å². The van der Waals surface area contributed by atoms with Crippen LogP contribution in [0.3, 0.4) is 0 Å². The zero-order valence-corrected chi connectivity index (χ0v) is 12.3. The minimum Gasteiger partial charge on any atom is -0.476 e. The molecule has 22 heavy (non-hydrogen) atoms. The van der Waals surface area contributed by atoms with E-state index in [9.17, 15) is 14.4 Å². The molecule has 1 aromatic heterocycles. The maximum Gasteiger partial charge on any atom is 0.359 e. The van der Waals surface area contributed by atoms with Gasteiger partial charge in [-0.2, -0.15) is 0 Å². The molecule has 0 fully saturated rings. The number of carbonyl (C=O) groups is 3. The number of aromatic nitrogens is 2. The van der Waals surface area contributed by atoms with Gasteiger partial charge in [0.25, 0.3) is 0 Å². The summed E-state index contributed by atoms with van der Waals surface area (Å²) in [4.78, 5) is 41.4. The molecular formula is C14H17N3O5. The van der Waals surface area contributed by atoms with Crippen molar-refractivity contribution in [2.75, 3.05) is 13.2 Å². The van der Waals surface area contributed by atoms with Crippen molar-refractivity contribution in [2.24, 2.45) is 5.92 Å². The molecule has 1 rings (SSSR count). The highest BCUT2D eigenvalue weighted by molar-refractivity contribution is 5.99. The smallest absolute Gasteiger partial charge is 0.359 e. The average Bonchev–Trinajstić information content (AvgIpc) is 2.50. The van der Waals surface area contributed by atoms with E-state index < -0.39 is 17.6 Å². The molecule has 0 atom stereocenters. The maximum atomic E-state index is 11.7. The molecule has 0 saturated heterocycles. The third-order valence-corrected chi connectivity index (χ3v) is 2.70. The Hall–Kier alpha value is -2.77. The molecule has 8 nitrogen and oxygen atoms in total. The van der Waals surface area contributed by atoms with E-state index in [1.165, 1.54) is 6.20 Å². The van der Waals surface area contributed by atoms with E-state index in [1.54, 1.807) is 0 Å². The Bertz CT molecular complexity index is 598. The van der Waals surface area contributed by atoms with Crippen LogP contribution in [0.5, 0.6) is 0 Å². The van der Waals surface area contributed by atoms with Gasteiger partial charge >= 0.3 is 11.9 Å². The average molecular weight is 307 g/mol. The summed E-state index contributed by atoms with van der Waals surface area (Å²) in [5.41, 5.74) is -0.439. The molecule has 8 heteroatoms. The fourth-order valence-corrected chi connectivity index (χ4v) is 1.40. The molecule has 2 N–H and O–H groups in total. The molecule has 0 radical (unpaired) electrons. The first-order chi connectivity index (χ1) is 10.3. The van der Waals surface area contributed by atoms with Crippen LogP contribution in [0.25, 0.3) is 0 Å². The highest BCUT2D eigenvalue weighted by Gasteiger charge is 2.20. The van der Waals surface area contributed by atoms with E-state index in [0.29, 0.717) is 5.57 Å². The van der Waals surface area contributed by atoms with Crippen molar-refractivity contribution in [2.45, 2.75) is 13.8 Å². The van der Waals surface area contributed by atoms with Crippen LogP contribution in [0, 0.1) is 5.92 Å². The molecule has 0 unspecified atom stereocenters. The van der Waals surface area contributed by atoms with Gasteiger partial charge in [0.2, 0.25) is 5.91 Å². The number of esters is 1. The Morgan fingerprint density at radius 3 is 2.41 bits per heavy atom. The number of carboxylic acids is 1. The maximum absolute atomic E-state index is 11.7. The molecule has 0 aliphatic heterocycles. The van der Waals surface area contributed by atoms with Crippen molar-refractivity contribution >= 4 is 17.8 Å². The van der Waals surface area contributed by atoms with Crippen LogP contribution in [-0.4, -0.2) is 46.1 Å². The molecule has 1 aromatic rings. The second kappa shape index (κ2) is 7.87. The molecular weight excluding hydrogens is 290 g/mol. The molecule has 1 amide bonds.